The second-order valence-corrected chi connectivity index (χ2v) is 6.60. The van der Waals surface area contributed by atoms with Crippen LogP contribution in [0.4, 0.5) is 0 Å². The van der Waals surface area contributed by atoms with Gasteiger partial charge in [0.15, 0.2) is 0 Å². The summed E-state index contributed by atoms with van der Waals surface area (Å²) in [6.07, 6.45) is 5.35. The average molecular weight is 348 g/mol. The van der Waals surface area contributed by atoms with Crippen LogP contribution in [0.1, 0.15) is 44.9 Å². The van der Waals surface area contributed by atoms with Gasteiger partial charge in [-0.15, -0.1) is 0 Å². The van der Waals surface area contributed by atoms with E-state index in [9.17, 15) is 4.79 Å². The van der Waals surface area contributed by atoms with E-state index in [1.165, 1.54) is 6.42 Å². The van der Waals surface area contributed by atoms with Gasteiger partial charge in [-0.2, -0.15) is 4.98 Å². The van der Waals surface area contributed by atoms with Gasteiger partial charge in [0.1, 0.15) is 0 Å². The summed E-state index contributed by atoms with van der Waals surface area (Å²) >= 11 is 5.88. The Balaban J connectivity index is 1.59. The van der Waals surface area contributed by atoms with Crippen molar-refractivity contribution in [2.75, 3.05) is 6.54 Å². The molecule has 1 unspecified atom stereocenters. The summed E-state index contributed by atoms with van der Waals surface area (Å²) in [5, 5.41) is 4.65. The lowest BCUT2D eigenvalue weighted by Gasteiger charge is -2.35. The summed E-state index contributed by atoms with van der Waals surface area (Å²) in [7, 11) is 0. The average Bonchev–Trinajstić information content (AvgIpc) is 3.09. The largest absolute Gasteiger partial charge is 0.340 e. The molecule has 1 atom stereocenters. The van der Waals surface area contributed by atoms with Crippen molar-refractivity contribution in [2.45, 2.75) is 51.5 Å². The number of rotatable bonds is 5. The maximum Gasteiger partial charge on any atom is 0.227 e. The number of nitrogens with zero attached hydrogens (tertiary/aromatic N) is 3. The van der Waals surface area contributed by atoms with Gasteiger partial charge < -0.3 is 9.42 Å². The summed E-state index contributed by atoms with van der Waals surface area (Å²) < 4.78 is 5.28. The third-order valence-electron chi connectivity index (χ3n) is 4.54. The molecule has 2 heterocycles. The number of benzene rings is 1. The second kappa shape index (κ2) is 7.79. The van der Waals surface area contributed by atoms with Gasteiger partial charge >= 0.3 is 0 Å². The molecular weight excluding hydrogens is 326 g/mol. The lowest BCUT2D eigenvalue weighted by Crippen LogP contribution is -2.43. The van der Waals surface area contributed by atoms with Crippen molar-refractivity contribution < 1.29 is 9.32 Å². The minimum absolute atomic E-state index is 0.188. The second-order valence-electron chi connectivity index (χ2n) is 6.16. The standard InChI is InChI=1S/C18H22ClN3O2/c1-2-15-5-3-4-12-22(15)17(23)11-10-16-20-18(21-24-16)13-6-8-14(19)9-7-13/h6-9,15H,2-5,10-12H2,1H3. The fourth-order valence-corrected chi connectivity index (χ4v) is 3.31. The zero-order valence-corrected chi connectivity index (χ0v) is 14.6. The van der Waals surface area contributed by atoms with Gasteiger partial charge in [0.25, 0.3) is 0 Å². The molecule has 1 saturated heterocycles. The number of hydrogen-bond donors (Lipinski definition) is 0. The van der Waals surface area contributed by atoms with Crippen LogP contribution in [0.2, 0.25) is 5.02 Å². The monoisotopic (exact) mass is 347 g/mol. The zero-order chi connectivity index (χ0) is 16.9. The lowest BCUT2D eigenvalue weighted by atomic mass is 9.99. The SMILES string of the molecule is CCC1CCCCN1C(=O)CCc1nc(-c2ccc(Cl)cc2)no1. The molecule has 5 nitrogen and oxygen atoms in total. The molecule has 0 N–H and O–H groups in total. The fourth-order valence-electron chi connectivity index (χ4n) is 3.18. The Labute approximate surface area is 147 Å². The first-order chi connectivity index (χ1) is 11.7. The Morgan fingerprint density at radius 3 is 2.88 bits per heavy atom. The van der Waals surface area contributed by atoms with Crippen molar-refractivity contribution in [1.82, 2.24) is 15.0 Å². The highest BCUT2D eigenvalue weighted by Gasteiger charge is 2.25. The minimum atomic E-state index is 0.188. The fraction of sp³-hybridized carbons (Fsp3) is 0.500. The maximum absolute atomic E-state index is 12.5. The Bertz CT molecular complexity index is 684. The minimum Gasteiger partial charge on any atom is -0.340 e. The number of halogens is 1. The molecule has 1 aliphatic heterocycles. The van der Waals surface area contributed by atoms with Gasteiger partial charge in [-0.3, -0.25) is 4.79 Å². The highest BCUT2D eigenvalue weighted by Crippen LogP contribution is 2.22. The van der Waals surface area contributed by atoms with E-state index in [2.05, 4.69) is 17.1 Å². The van der Waals surface area contributed by atoms with Crippen molar-refractivity contribution in [2.24, 2.45) is 0 Å². The molecule has 24 heavy (non-hydrogen) atoms. The number of aryl methyl sites for hydroxylation is 1. The summed E-state index contributed by atoms with van der Waals surface area (Å²) in [6.45, 7) is 3.02. The quantitative estimate of drug-likeness (QED) is 0.816. The molecule has 1 aliphatic rings. The van der Waals surface area contributed by atoms with Crippen LogP contribution in [0.25, 0.3) is 11.4 Å². The van der Waals surface area contributed by atoms with Crippen molar-refractivity contribution in [3.8, 4) is 11.4 Å². The maximum atomic E-state index is 12.5. The Morgan fingerprint density at radius 2 is 2.12 bits per heavy atom. The van der Waals surface area contributed by atoms with Crippen molar-refractivity contribution in [1.29, 1.82) is 0 Å². The number of carbonyl (C=O) groups is 1. The van der Waals surface area contributed by atoms with E-state index >= 15 is 0 Å². The highest BCUT2D eigenvalue weighted by molar-refractivity contribution is 6.30. The lowest BCUT2D eigenvalue weighted by molar-refractivity contribution is -0.135. The van der Waals surface area contributed by atoms with E-state index in [0.717, 1.165) is 31.4 Å². The molecule has 0 radical (unpaired) electrons. The van der Waals surface area contributed by atoms with E-state index in [0.29, 0.717) is 35.6 Å². The van der Waals surface area contributed by atoms with Crippen molar-refractivity contribution in [3.05, 3.63) is 35.2 Å². The number of carbonyl (C=O) groups excluding carboxylic acids is 1. The van der Waals surface area contributed by atoms with Gasteiger partial charge in [0.2, 0.25) is 17.6 Å². The molecular formula is C18H22ClN3O2. The van der Waals surface area contributed by atoms with Crippen LogP contribution in [-0.4, -0.2) is 33.5 Å². The van der Waals surface area contributed by atoms with E-state index in [1.807, 2.05) is 17.0 Å². The summed E-state index contributed by atoms with van der Waals surface area (Å²) in [4.78, 5) is 18.9. The van der Waals surface area contributed by atoms with Gasteiger partial charge in [-0.25, -0.2) is 0 Å². The molecule has 0 saturated carbocycles. The summed E-state index contributed by atoms with van der Waals surface area (Å²) in [5.74, 6) is 1.21. The van der Waals surface area contributed by atoms with Gasteiger partial charge in [-0.05, 0) is 49.9 Å². The van der Waals surface area contributed by atoms with Gasteiger partial charge in [0.05, 0.1) is 0 Å². The topological polar surface area (TPSA) is 59.2 Å². The third-order valence-corrected chi connectivity index (χ3v) is 4.79. The molecule has 1 fully saturated rings. The van der Waals surface area contributed by atoms with Crippen LogP contribution in [0.3, 0.4) is 0 Å². The predicted octanol–water partition coefficient (Wildman–Crippen LogP) is 4.11. The molecule has 3 rings (SSSR count). The molecule has 6 heteroatoms. The number of amides is 1. The van der Waals surface area contributed by atoms with E-state index in [4.69, 9.17) is 16.1 Å². The Hall–Kier alpha value is -1.88. The van der Waals surface area contributed by atoms with Crippen LogP contribution in [-0.2, 0) is 11.2 Å². The van der Waals surface area contributed by atoms with Crippen molar-refractivity contribution in [3.63, 3.8) is 0 Å². The first kappa shape index (κ1) is 17.0. The Morgan fingerprint density at radius 1 is 1.33 bits per heavy atom. The first-order valence-corrected chi connectivity index (χ1v) is 8.93. The molecule has 1 amide bonds. The van der Waals surface area contributed by atoms with Crippen molar-refractivity contribution >= 4 is 17.5 Å². The van der Waals surface area contributed by atoms with Crippen LogP contribution >= 0.6 is 11.6 Å². The molecule has 1 aromatic carbocycles. The smallest absolute Gasteiger partial charge is 0.227 e. The van der Waals surface area contributed by atoms with Crippen LogP contribution < -0.4 is 0 Å². The highest BCUT2D eigenvalue weighted by atomic mass is 35.5. The predicted molar refractivity (Wildman–Crippen MR) is 92.7 cm³/mol. The molecule has 0 bridgehead atoms. The van der Waals surface area contributed by atoms with Gasteiger partial charge in [0, 0.05) is 36.0 Å². The molecule has 1 aromatic heterocycles. The van der Waals surface area contributed by atoms with E-state index < -0.39 is 0 Å². The molecule has 2 aromatic rings. The third kappa shape index (κ3) is 3.96. The Kier molecular flexibility index (Phi) is 5.51. The van der Waals surface area contributed by atoms with Crippen LogP contribution in [0.5, 0.6) is 0 Å². The number of hydrogen-bond acceptors (Lipinski definition) is 4. The molecule has 0 aliphatic carbocycles. The zero-order valence-electron chi connectivity index (χ0n) is 13.9. The number of likely N-dealkylation sites (tertiary alicyclic amines) is 1. The molecule has 128 valence electrons. The van der Waals surface area contributed by atoms with Crippen LogP contribution in [0.15, 0.2) is 28.8 Å². The summed E-state index contributed by atoms with van der Waals surface area (Å²) in [5.41, 5.74) is 0.850. The van der Waals surface area contributed by atoms with Gasteiger partial charge in [-0.1, -0.05) is 23.7 Å². The number of aromatic nitrogens is 2. The molecule has 0 spiro atoms. The van der Waals surface area contributed by atoms with E-state index in [1.54, 1.807) is 12.1 Å². The van der Waals surface area contributed by atoms with Crippen LogP contribution in [0, 0.1) is 0 Å². The normalized spacial score (nSPS) is 17.9. The number of piperidine rings is 1. The summed E-state index contributed by atoms with van der Waals surface area (Å²) in [6, 6.07) is 7.66. The van der Waals surface area contributed by atoms with E-state index in [-0.39, 0.29) is 5.91 Å². The first-order valence-electron chi connectivity index (χ1n) is 8.55.